The van der Waals surface area contributed by atoms with Gasteiger partial charge in [-0.2, -0.15) is 0 Å². The van der Waals surface area contributed by atoms with Gasteiger partial charge in [0.05, 0.1) is 30.6 Å². The Morgan fingerprint density at radius 3 is 2.41 bits per heavy atom. The van der Waals surface area contributed by atoms with Crippen molar-refractivity contribution in [1.29, 1.82) is 0 Å². The van der Waals surface area contributed by atoms with E-state index in [1.54, 1.807) is 12.1 Å². The van der Waals surface area contributed by atoms with Crippen LogP contribution in [0.2, 0.25) is 0 Å². The number of nitrogens with zero attached hydrogens (tertiary/aromatic N) is 1. The molecule has 3 aromatic carbocycles. The van der Waals surface area contributed by atoms with E-state index < -0.39 is 35.6 Å². The zero-order valence-corrected chi connectivity index (χ0v) is 23.2. The van der Waals surface area contributed by atoms with Crippen molar-refractivity contribution in [2.45, 2.75) is 56.9 Å². The zero-order chi connectivity index (χ0) is 28.7. The van der Waals surface area contributed by atoms with Crippen LogP contribution < -0.4 is 10.6 Å². The van der Waals surface area contributed by atoms with Crippen LogP contribution in [-0.4, -0.2) is 58.1 Å². The second kappa shape index (κ2) is 10.8. The van der Waals surface area contributed by atoms with E-state index in [1.807, 2.05) is 80.6 Å². The maximum absolute atomic E-state index is 14.4. The first-order chi connectivity index (χ1) is 19.8. The predicted octanol–water partition coefficient (Wildman–Crippen LogP) is 3.86. The van der Waals surface area contributed by atoms with E-state index in [-0.39, 0.29) is 24.3 Å². The van der Waals surface area contributed by atoms with Gasteiger partial charge >= 0.3 is 0 Å². The predicted molar refractivity (Wildman–Crippen MR) is 155 cm³/mol. The fourth-order valence-electron chi connectivity index (χ4n) is 7.04. The number of ether oxygens (including phenoxy) is 1. The standard InChI is InChI=1S/C33H35N3O5/c1-20-13-14-21(2)25(17-20)35-31(39)29-33-16-15-26(41-33)27(30(38)34-23-11-7-4-8-12-23)28(33)32(40)36(29)24(19-37)18-22-9-5-3-6-10-22/h3-14,17,24,26-29,37H,15-16,18-19H2,1-2H3,(H,34,38)(H,35,39)/t24-,26-,27+,28+,29?,33?/m1/s1. The number of nitrogens with one attached hydrogen (secondary N) is 2. The number of hydrogen-bond acceptors (Lipinski definition) is 5. The highest BCUT2D eigenvalue weighted by molar-refractivity contribution is 6.05. The lowest BCUT2D eigenvalue weighted by molar-refractivity contribution is -0.143. The first-order valence-corrected chi connectivity index (χ1v) is 14.2. The Morgan fingerprint density at radius 2 is 1.71 bits per heavy atom. The Bertz CT molecular complexity index is 1460. The van der Waals surface area contributed by atoms with E-state index in [4.69, 9.17) is 4.74 Å². The molecule has 0 aromatic heterocycles. The highest BCUT2D eigenvalue weighted by Crippen LogP contribution is 2.59. The Kier molecular flexibility index (Phi) is 7.13. The fraction of sp³-hybridized carbons (Fsp3) is 0.364. The molecule has 8 heteroatoms. The number of hydrogen-bond donors (Lipinski definition) is 3. The van der Waals surface area contributed by atoms with Crippen molar-refractivity contribution in [2.24, 2.45) is 11.8 Å². The van der Waals surface area contributed by atoms with Gasteiger partial charge in [0.1, 0.15) is 11.6 Å². The van der Waals surface area contributed by atoms with Crippen LogP contribution in [0.15, 0.2) is 78.9 Å². The van der Waals surface area contributed by atoms with Crippen molar-refractivity contribution in [1.82, 2.24) is 4.90 Å². The minimum atomic E-state index is -1.16. The smallest absolute Gasteiger partial charge is 0.250 e. The molecule has 3 aliphatic rings. The second-order valence-corrected chi connectivity index (χ2v) is 11.5. The van der Waals surface area contributed by atoms with Crippen LogP contribution in [0.25, 0.3) is 0 Å². The van der Waals surface area contributed by atoms with E-state index in [1.165, 1.54) is 4.90 Å². The summed E-state index contributed by atoms with van der Waals surface area (Å²) >= 11 is 0. The number of likely N-dealkylation sites (tertiary alicyclic amines) is 1. The van der Waals surface area contributed by atoms with Gasteiger partial charge in [-0.15, -0.1) is 0 Å². The molecule has 3 aromatic rings. The van der Waals surface area contributed by atoms with Crippen LogP contribution in [0.4, 0.5) is 11.4 Å². The largest absolute Gasteiger partial charge is 0.394 e. The number of aliphatic hydroxyl groups excluding tert-OH is 1. The molecule has 212 valence electrons. The van der Waals surface area contributed by atoms with Gasteiger partial charge in [0.25, 0.3) is 0 Å². The number of fused-ring (bicyclic) bond motifs is 1. The fourth-order valence-corrected chi connectivity index (χ4v) is 7.04. The Hall–Kier alpha value is -4.01. The molecule has 0 saturated carbocycles. The number of amides is 3. The number of aryl methyl sites for hydroxylation is 2. The molecule has 3 aliphatic heterocycles. The Labute approximate surface area is 239 Å². The molecule has 6 rings (SSSR count). The lowest BCUT2D eigenvalue weighted by Gasteiger charge is -2.37. The van der Waals surface area contributed by atoms with Gasteiger partial charge < -0.3 is 25.4 Å². The van der Waals surface area contributed by atoms with Gasteiger partial charge in [-0.25, -0.2) is 0 Å². The molecule has 3 amide bonds. The third-order valence-electron chi connectivity index (χ3n) is 8.90. The number of para-hydroxylation sites is 1. The molecule has 3 fully saturated rings. The summed E-state index contributed by atoms with van der Waals surface area (Å²) in [5, 5.41) is 16.6. The van der Waals surface area contributed by atoms with E-state index in [9.17, 15) is 19.5 Å². The van der Waals surface area contributed by atoms with Crippen LogP contribution in [-0.2, 0) is 25.5 Å². The van der Waals surface area contributed by atoms with Crippen LogP contribution in [0.5, 0.6) is 0 Å². The summed E-state index contributed by atoms with van der Waals surface area (Å²) in [5.41, 5.74) is 2.97. The van der Waals surface area contributed by atoms with E-state index in [0.29, 0.717) is 30.6 Å². The highest BCUT2D eigenvalue weighted by atomic mass is 16.5. The first-order valence-electron chi connectivity index (χ1n) is 14.2. The van der Waals surface area contributed by atoms with Crippen molar-refractivity contribution in [2.75, 3.05) is 17.2 Å². The molecule has 0 radical (unpaired) electrons. The molecule has 41 heavy (non-hydrogen) atoms. The molecule has 2 bridgehead atoms. The molecule has 6 atom stereocenters. The summed E-state index contributed by atoms with van der Waals surface area (Å²) in [6.45, 7) is 3.54. The average molecular weight is 554 g/mol. The summed E-state index contributed by atoms with van der Waals surface area (Å²) in [4.78, 5) is 43.8. The quantitative estimate of drug-likeness (QED) is 0.393. The van der Waals surface area contributed by atoms with Crippen molar-refractivity contribution in [3.8, 4) is 0 Å². The Morgan fingerprint density at radius 1 is 1.00 bits per heavy atom. The van der Waals surface area contributed by atoms with Gasteiger partial charge in [0, 0.05) is 11.4 Å². The minimum Gasteiger partial charge on any atom is -0.394 e. The number of benzene rings is 3. The Balaban J connectivity index is 1.38. The van der Waals surface area contributed by atoms with Gasteiger partial charge in [-0.05, 0) is 68.0 Å². The van der Waals surface area contributed by atoms with Crippen LogP contribution in [0.1, 0.15) is 29.5 Å². The maximum atomic E-state index is 14.4. The highest BCUT2D eigenvalue weighted by Gasteiger charge is 2.75. The third kappa shape index (κ3) is 4.71. The zero-order valence-electron chi connectivity index (χ0n) is 23.2. The number of carbonyl (C=O) groups excluding carboxylic acids is 3. The normalized spacial score (nSPS) is 27.0. The summed E-state index contributed by atoms with van der Waals surface area (Å²) < 4.78 is 6.56. The first kappa shape index (κ1) is 27.2. The maximum Gasteiger partial charge on any atom is 0.250 e. The van der Waals surface area contributed by atoms with Gasteiger partial charge in [-0.3, -0.25) is 14.4 Å². The lowest BCUT2D eigenvalue weighted by Crippen LogP contribution is -2.56. The molecular weight excluding hydrogens is 518 g/mol. The van der Waals surface area contributed by atoms with Crippen molar-refractivity contribution < 1.29 is 24.2 Å². The summed E-state index contributed by atoms with van der Waals surface area (Å²) in [5.74, 6) is -2.56. The molecule has 2 unspecified atom stereocenters. The average Bonchev–Trinajstić information content (AvgIpc) is 3.62. The van der Waals surface area contributed by atoms with Gasteiger partial charge in [0.2, 0.25) is 17.7 Å². The molecule has 0 aliphatic carbocycles. The number of rotatable bonds is 8. The van der Waals surface area contributed by atoms with Crippen LogP contribution >= 0.6 is 0 Å². The molecule has 3 N–H and O–H groups in total. The van der Waals surface area contributed by atoms with Gasteiger partial charge in [0.15, 0.2) is 0 Å². The third-order valence-corrected chi connectivity index (χ3v) is 8.90. The molecule has 3 saturated heterocycles. The number of aliphatic hydroxyl groups is 1. The number of carbonyl (C=O) groups is 3. The lowest BCUT2D eigenvalue weighted by atomic mass is 9.70. The monoisotopic (exact) mass is 553 g/mol. The number of anilines is 2. The minimum absolute atomic E-state index is 0.291. The summed E-state index contributed by atoms with van der Waals surface area (Å²) in [6, 6.07) is 22.9. The molecular formula is C33H35N3O5. The van der Waals surface area contributed by atoms with Crippen LogP contribution in [0, 0.1) is 25.7 Å². The van der Waals surface area contributed by atoms with Crippen molar-refractivity contribution in [3.63, 3.8) is 0 Å². The summed E-state index contributed by atoms with van der Waals surface area (Å²) in [7, 11) is 0. The molecule has 1 spiro atoms. The van der Waals surface area contributed by atoms with E-state index >= 15 is 0 Å². The second-order valence-electron chi connectivity index (χ2n) is 11.5. The molecule has 3 heterocycles. The summed E-state index contributed by atoms with van der Waals surface area (Å²) in [6.07, 6.45) is 0.949. The van der Waals surface area contributed by atoms with Crippen molar-refractivity contribution >= 4 is 29.1 Å². The molecule has 8 nitrogen and oxygen atoms in total. The van der Waals surface area contributed by atoms with Gasteiger partial charge in [-0.1, -0.05) is 60.7 Å². The van der Waals surface area contributed by atoms with Crippen molar-refractivity contribution in [3.05, 3.63) is 95.6 Å². The SMILES string of the molecule is Cc1ccc(C)c(NC(=O)C2N([C@@H](CO)Cc3ccccc3)C(=O)[C@@H]3[C@@H](C(=O)Nc4ccccc4)[C@H]4CCC23O4)c1. The topological polar surface area (TPSA) is 108 Å². The van der Waals surface area contributed by atoms with E-state index in [2.05, 4.69) is 10.6 Å². The van der Waals surface area contributed by atoms with Crippen LogP contribution in [0.3, 0.4) is 0 Å². The van der Waals surface area contributed by atoms with E-state index in [0.717, 1.165) is 16.7 Å².